The van der Waals surface area contributed by atoms with Crippen LogP contribution < -0.4 is 15.0 Å². The average molecular weight is 671 g/mol. The number of piperidine rings is 2. The van der Waals surface area contributed by atoms with Crippen molar-refractivity contribution in [3.8, 4) is 11.5 Å². The zero-order valence-electron chi connectivity index (χ0n) is 28.5. The summed E-state index contributed by atoms with van der Waals surface area (Å²) in [6, 6.07) is 34.4. The van der Waals surface area contributed by atoms with Crippen LogP contribution in [0.15, 0.2) is 97.1 Å². The summed E-state index contributed by atoms with van der Waals surface area (Å²) in [5, 5.41) is 12.6. The minimum Gasteiger partial charge on any atom is -0.508 e. The SMILES string of the molecule is O=C1CCC(c2ccc(CN3CCN(C4CCN(c5ccc(C6c7ccc(O)cc7OCC6c6ccccc6)cc5)CC4)CC3)cc2)C(=O)N1. The van der Waals surface area contributed by atoms with Crippen molar-refractivity contribution in [2.75, 3.05) is 50.8 Å². The first-order valence-electron chi connectivity index (χ1n) is 18.2. The fourth-order valence-corrected chi connectivity index (χ4v) is 8.59. The molecule has 0 bridgehead atoms. The van der Waals surface area contributed by atoms with Crippen molar-refractivity contribution in [3.63, 3.8) is 0 Å². The van der Waals surface area contributed by atoms with Gasteiger partial charge in [0, 0.05) is 87.4 Å². The van der Waals surface area contributed by atoms with Gasteiger partial charge in [0.1, 0.15) is 11.5 Å². The molecule has 0 saturated carbocycles. The highest BCUT2D eigenvalue weighted by Crippen LogP contribution is 2.47. The summed E-state index contributed by atoms with van der Waals surface area (Å²) in [6.45, 7) is 7.96. The van der Waals surface area contributed by atoms with Crippen LogP contribution in [0.4, 0.5) is 5.69 Å². The Morgan fingerprint density at radius 3 is 2.18 bits per heavy atom. The van der Waals surface area contributed by atoms with Gasteiger partial charge in [-0.1, -0.05) is 72.8 Å². The lowest BCUT2D eigenvalue weighted by molar-refractivity contribution is -0.134. The van der Waals surface area contributed by atoms with Crippen molar-refractivity contribution < 1.29 is 19.4 Å². The second-order valence-corrected chi connectivity index (χ2v) is 14.4. The number of rotatable bonds is 7. The summed E-state index contributed by atoms with van der Waals surface area (Å²) in [4.78, 5) is 31.6. The Bertz CT molecular complexity index is 1800. The van der Waals surface area contributed by atoms with Crippen molar-refractivity contribution in [3.05, 3.63) is 125 Å². The van der Waals surface area contributed by atoms with Gasteiger partial charge in [-0.25, -0.2) is 0 Å². The number of ether oxygens (including phenoxy) is 1. The molecule has 3 atom stereocenters. The number of phenolic OH excluding ortho intramolecular Hbond substituents is 1. The lowest BCUT2D eigenvalue weighted by Gasteiger charge is -2.43. The van der Waals surface area contributed by atoms with Crippen molar-refractivity contribution in [1.82, 2.24) is 15.1 Å². The van der Waals surface area contributed by atoms with E-state index in [1.54, 1.807) is 12.1 Å². The zero-order valence-corrected chi connectivity index (χ0v) is 28.5. The van der Waals surface area contributed by atoms with Crippen LogP contribution in [0.3, 0.4) is 0 Å². The highest BCUT2D eigenvalue weighted by Gasteiger charge is 2.34. The van der Waals surface area contributed by atoms with Crippen molar-refractivity contribution in [2.45, 2.75) is 56.0 Å². The molecule has 3 fully saturated rings. The number of hydrogen-bond acceptors (Lipinski definition) is 7. The predicted octanol–water partition coefficient (Wildman–Crippen LogP) is 6.01. The normalized spacial score (nSPS) is 23.6. The fraction of sp³-hybridized carbons (Fsp3) is 0.381. The van der Waals surface area contributed by atoms with E-state index < -0.39 is 0 Å². The molecule has 0 spiro atoms. The third kappa shape index (κ3) is 6.87. The number of imide groups is 1. The van der Waals surface area contributed by atoms with Gasteiger partial charge >= 0.3 is 0 Å². The lowest BCUT2D eigenvalue weighted by atomic mass is 9.76. The van der Waals surface area contributed by atoms with Crippen LogP contribution in [0.25, 0.3) is 0 Å². The number of carbonyl (C=O) groups is 2. The van der Waals surface area contributed by atoms with Crippen LogP contribution in [0.5, 0.6) is 11.5 Å². The van der Waals surface area contributed by atoms with Gasteiger partial charge in [0.25, 0.3) is 0 Å². The summed E-state index contributed by atoms with van der Waals surface area (Å²) in [7, 11) is 0. The Morgan fingerprint density at radius 2 is 1.46 bits per heavy atom. The van der Waals surface area contributed by atoms with E-state index in [2.05, 4.69) is 98.9 Å². The maximum absolute atomic E-state index is 12.3. The Hall–Kier alpha value is -4.66. The molecular formula is C42H46N4O4. The van der Waals surface area contributed by atoms with E-state index >= 15 is 0 Å². The summed E-state index contributed by atoms with van der Waals surface area (Å²) in [6.07, 6.45) is 3.35. The molecule has 4 aromatic rings. The minimum atomic E-state index is -0.226. The number of nitrogens with one attached hydrogen (secondary N) is 1. The molecule has 4 heterocycles. The predicted molar refractivity (Wildman–Crippen MR) is 195 cm³/mol. The maximum Gasteiger partial charge on any atom is 0.234 e. The largest absolute Gasteiger partial charge is 0.508 e. The van der Waals surface area contributed by atoms with Crippen molar-refractivity contribution >= 4 is 17.5 Å². The molecular weight excluding hydrogens is 624 g/mol. The van der Waals surface area contributed by atoms with Crippen LogP contribution in [0, 0.1) is 0 Å². The Kier molecular flexibility index (Phi) is 9.30. The number of phenols is 1. The monoisotopic (exact) mass is 670 g/mol. The molecule has 3 saturated heterocycles. The minimum absolute atomic E-state index is 0.150. The first kappa shape index (κ1) is 32.5. The molecule has 8 heteroatoms. The molecule has 258 valence electrons. The van der Waals surface area contributed by atoms with Gasteiger partial charge < -0.3 is 14.7 Å². The molecule has 8 nitrogen and oxygen atoms in total. The van der Waals surface area contributed by atoms with Gasteiger partial charge in [0.15, 0.2) is 0 Å². The summed E-state index contributed by atoms with van der Waals surface area (Å²) in [5.41, 5.74) is 7.22. The summed E-state index contributed by atoms with van der Waals surface area (Å²) in [5.74, 6) is 0.782. The number of amides is 2. The van der Waals surface area contributed by atoms with E-state index in [0.29, 0.717) is 25.5 Å². The maximum atomic E-state index is 12.3. The van der Waals surface area contributed by atoms with E-state index in [1.807, 2.05) is 6.07 Å². The van der Waals surface area contributed by atoms with Gasteiger partial charge in [-0.2, -0.15) is 0 Å². The smallest absolute Gasteiger partial charge is 0.234 e. The molecule has 2 N–H and O–H groups in total. The Labute approximate surface area is 294 Å². The second kappa shape index (κ2) is 14.3. The Morgan fingerprint density at radius 1 is 0.740 bits per heavy atom. The number of piperazine rings is 1. The highest BCUT2D eigenvalue weighted by molar-refractivity contribution is 6.00. The third-order valence-corrected chi connectivity index (χ3v) is 11.4. The number of fused-ring (bicyclic) bond motifs is 1. The van der Waals surface area contributed by atoms with E-state index in [1.165, 1.54) is 35.2 Å². The van der Waals surface area contributed by atoms with Gasteiger partial charge in [-0.15, -0.1) is 0 Å². The number of hydrogen-bond donors (Lipinski definition) is 2. The van der Waals surface area contributed by atoms with Gasteiger partial charge in [-0.3, -0.25) is 24.7 Å². The topological polar surface area (TPSA) is 85.4 Å². The van der Waals surface area contributed by atoms with E-state index in [9.17, 15) is 14.7 Å². The first-order valence-corrected chi connectivity index (χ1v) is 18.2. The molecule has 3 unspecified atom stereocenters. The zero-order chi connectivity index (χ0) is 34.0. The number of aromatic hydroxyl groups is 1. The quantitative estimate of drug-likeness (QED) is 0.233. The molecule has 4 aliphatic heterocycles. The number of anilines is 1. The summed E-state index contributed by atoms with van der Waals surface area (Å²) >= 11 is 0. The van der Waals surface area contributed by atoms with Crippen molar-refractivity contribution in [2.24, 2.45) is 0 Å². The van der Waals surface area contributed by atoms with Crippen LogP contribution >= 0.6 is 0 Å². The van der Waals surface area contributed by atoms with Gasteiger partial charge in [-0.05, 0) is 59.7 Å². The highest BCUT2D eigenvalue weighted by atomic mass is 16.5. The van der Waals surface area contributed by atoms with Crippen LogP contribution in [0.1, 0.15) is 71.3 Å². The van der Waals surface area contributed by atoms with Gasteiger partial charge in [0.2, 0.25) is 11.8 Å². The molecule has 0 aliphatic carbocycles. The second-order valence-electron chi connectivity index (χ2n) is 14.4. The van der Waals surface area contributed by atoms with Crippen LogP contribution in [-0.4, -0.2) is 78.6 Å². The molecule has 0 radical (unpaired) electrons. The number of benzene rings is 4. The van der Waals surface area contributed by atoms with E-state index in [4.69, 9.17) is 4.74 Å². The molecule has 4 aliphatic rings. The van der Waals surface area contributed by atoms with E-state index in [-0.39, 0.29) is 35.3 Å². The van der Waals surface area contributed by atoms with Crippen molar-refractivity contribution in [1.29, 1.82) is 0 Å². The van der Waals surface area contributed by atoms with Gasteiger partial charge in [0.05, 0.1) is 12.5 Å². The molecule has 50 heavy (non-hydrogen) atoms. The van der Waals surface area contributed by atoms with E-state index in [0.717, 1.165) is 62.7 Å². The Balaban J connectivity index is 0.846. The molecule has 4 aromatic carbocycles. The fourth-order valence-electron chi connectivity index (χ4n) is 8.59. The van der Waals surface area contributed by atoms with Crippen LogP contribution in [0.2, 0.25) is 0 Å². The molecule has 8 rings (SSSR count). The number of carbonyl (C=O) groups excluding carboxylic acids is 2. The molecule has 0 aromatic heterocycles. The molecule has 2 amide bonds. The number of nitrogens with zero attached hydrogens (tertiary/aromatic N) is 3. The summed E-state index contributed by atoms with van der Waals surface area (Å²) < 4.78 is 6.17. The lowest BCUT2D eigenvalue weighted by Crippen LogP contribution is -2.53. The standard InChI is InChI=1S/C42H46N4O4/c47-35-14-15-37-39(26-35)50-28-38(30-4-2-1-3-5-30)41(37)32-10-12-33(13-11-32)45-20-18-34(19-21-45)46-24-22-44(23-25-46)27-29-6-8-31(9-7-29)36-16-17-40(48)43-42(36)49/h1-15,26,34,36,38,41,47H,16-25,27-28H2,(H,43,48,49). The third-order valence-electron chi connectivity index (χ3n) is 11.4. The first-order chi connectivity index (χ1) is 24.5. The average Bonchev–Trinajstić information content (AvgIpc) is 3.16. The van der Waals surface area contributed by atoms with Crippen LogP contribution in [-0.2, 0) is 16.1 Å².